The van der Waals surface area contributed by atoms with Crippen LogP contribution in [0.15, 0.2) is 48.5 Å². The van der Waals surface area contributed by atoms with Crippen LogP contribution >= 0.6 is 0 Å². The highest BCUT2D eigenvalue weighted by Crippen LogP contribution is 2.27. The average molecular weight is 342 g/mol. The molecule has 0 aliphatic heterocycles. The summed E-state index contributed by atoms with van der Waals surface area (Å²) < 4.78 is 5.97. The Balaban J connectivity index is 2.29. The normalized spacial score (nSPS) is 10.6. The molecular weight excluding hydrogens is 320 g/mol. The van der Waals surface area contributed by atoms with Crippen molar-refractivity contribution in [3.8, 4) is 0 Å². The maximum Gasteiger partial charge on any atom is 0.265 e. The Morgan fingerprint density at radius 3 is 1.60 bits per heavy atom. The van der Waals surface area contributed by atoms with E-state index in [1.807, 2.05) is 31.2 Å². The van der Waals surface area contributed by atoms with Gasteiger partial charge in [-0.15, -0.1) is 0 Å². The number of ether oxygens (including phenoxy) is 1. The molecule has 0 saturated carbocycles. The molecule has 2 amide bonds. The molecule has 2 aromatic carbocycles. The lowest BCUT2D eigenvalue weighted by atomic mass is 9.98. The molecule has 7 nitrogen and oxygen atoms in total. The van der Waals surface area contributed by atoms with E-state index >= 15 is 0 Å². The standard InChI is InChI=1S/C18H22N4O3/c1-2-11-25-16(12-3-7-14(8-4-12)17(23)21-19)13-5-9-15(10-6-13)18(24)22-20/h3-10,16H,2,11,19-20H2,1H3,(H,21,23)(H,22,24). The lowest BCUT2D eigenvalue weighted by Crippen LogP contribution is -2.30. The quantitative estimate of drug-likeness (QED) is 0.344. The number of hydrogen-bond acceptors (Lipinski definition) is 5. The van der Waals surface area contributed by atoms with Gasteiger partial charge in [0.25, 0.3) is 11.8 Å². The Morgan fingerprint density at radius 1 is 0.880 bits per heavy atom. The monoisotopic (exact) mass is 342 g/mol. The average Bonchev–Trinajstić information content (AvgIpc) is 2.68. The van der Waals surface area contributed by atoms with Crippen molar-refractivity contribution in [3.63, 3.8) is 0 Å². The van der Waals surface area contributed by atoms with Crippen molar-refractivity contribution in [2.45, 2.75) is 19.4 Å². The van der Waals surface area contributed by atoms with Crippen LogP contribution in [-0.4, -0.2) is 18.4 Å². The zero-order chi connectivity index (χ0) is 18.2. The van der Waals surface area contributed by atoms with Gasteiger partial charge in [0.2, 0.25) is 0 Å². The first kappa shape index (κ1) is 18.6. The minimum Gasteiger partial charge on any atom is -0.369 e. The van der Waals surface area contributed by atoms with Crippen LogP contribution in [0.3, 0.4) is 0 Å². The molecule has 132 valence electrons. The Hall–Kier alpha value is -2.74. The second-order valence-corrected chi connectivity index (χ2v) is 5.44. The number of carbonyl (C=O) groups is 2. The molecule has 0 bridgehead atoms. The number of nitrogen functional groups attached to an aromatic ring is 2. The van der Waals surface area contributed by atoms with E-state index in [9.17, 15) is 9.59 Å². The maximum absolute atomic E-state index is 11.6. The van der Waals surface area contributed by atoms with Gasteiger partial charge in [0, 0.05) is 17.7 Å². The minimum absolute atomic E-state index is 0.301. The highest BCUT2D eigenvalue weighted by molar-refractivity contribution is 5.94. The second-order valence-electron chi connectivity index (χ2n) is 5.44. The molecule has 0 saturated heterocycles. The fraction of sp³-hybridized carbons (Fsp3) is 0.222. The number of amides is 2. The Labute approximate surface area is 146 Å². The predicted molar refractivity (Wildman–Crippen MR) is 94.3 cm³/mol. The molecule has 0 spiro atoms. The van der Waals surface area contributed by atoms with Gasteiger partial charge < -0.3 is 4.74 Å². The van der Waals surface area contributed by atoms with Crippen LogP contribution in [0.2, 0.25) is 0 Å². The van der Waals surface area contributed by atoms with Crippen molar-refractivity contribution in [3.05, 3.63) is 70.8 Å². The highest BCUT2D eigenvalue weighted by Gasteiger charge is 2.16. The molecule has 25 heavy (non-hydrogen) atoms. The zero-order valence-electron chi connectivity index (χ0n) is 14.0. The fourth-order valence-electron chi connectivity index (χ4n) is 2.41. The van der Waals surface area contributed by atoms with Crippen LogP contribution in [-0.2, 0) is 4.74 Å². The summed E-state index contributed by atoms with van der Waals surface area (Å²) in [4.78, 5) is 23.1. The third-order valence-corrected chi connectivity index (χ3v) is 3.70. The molecule has 0 aliphatic rings. The van der Waals surface area contributed by atoms with Crippen LogP contribution in [0.1, 0.15) is 51.3 Å². The first-order valence-corrected chi connectivity index (χ1v) is 7.94. The molecule has 0 heterocycles. The maximum atomic E-state index is 11.6. The number of nitrogens with one attached hydrogen (secondary N) is 2. The topological polar surface area (TPSA) is 119 Å². The van der Waals surface area contributed by atoms with Crippen LogP contribution in [0.25, 0.3) is 0 Å². The first-order valence-electron chi connectivity index (χ1n) is 7.94. The van der Waals surface area contributed by atoms with E-state index in [0.717, 1.165) is 17.5 Å². The molecule has 2 aromatic rings. The molecule has 0 radical (unpaired) electrons. The van der Waals surface area contributed by atoms with Crippen molar-refractivity contribution in [2.75, 3.05) is 6.61 Å². The number of benzene rings is 2. The number of hydrazine groups is 2. The molecular formula is C18H22N4O3. The van der Waals surface area contributed by atoms with Gasteiger partial charge in [-0.1, -0.05) is 31.2 Å². The number of rotatable bonds is 7. The van der Waals surface area contributed by atoms with Gasteiger partial charge in [-0.3, -0.25) is 20.4 Å². The summed E-state index contributed by atoms with van der Waals surface area (Å²) in [6.45, 7) is 2.61. The van der Waals surface area contributed by atoms with Gasteiger partial charge in [0.05, 0.1) is 0 Å². The lowest BCUT2D eigenvalue weighted by Gasteiger charge is -2.19. The molecule has 0 unspecified atom stereocenters. The van der Waals surface area contributed by atoms with E-state index in [-0.39, 0.29) is 17.9 Å². The van der Waals surface area contributed by atoms with E-state index in [1.54, 1.807) is 24.3 Å². The highest BCUT2D eigenvalue weighted by atomic mass is 16.5. The number of hydrogen-bond donors (Lipinski definition) is 4. The Kier molecular flexibility index (Phi) is 6.64. The SMILES string of the molecule is CCCOC(c1ccc(C(=O)NN)cc1)c1ccc(C(=O)NN)cc1. The van der Waals surface area contributed by atoms with E-state index in [2.05, 4.69) is 10.9 Å². The van der Waals surface area contributed by atoms with E-state index in [1.165, 1.54) is 0 Å². The molecule has 0 aromatic heterocycles. The van der Waals surface area contributed by atoms with Gasteiger partial charge in [-0.2, -0.15) is 0 Å². The fourth-order valence-corrected chi connectivity index (χ4v) is 2.41. The summed E-state index contributed by atoms with van der Waals surface area (Å²) in [6.07, 6.45) is 0.572. The summed E-state index contributed by atoms with van der Waals surface area (Å²) in [5, 5.41) is 0. The second kappa shape index (κ2) is 8.93. The van der Waals surface area contributed by atoms with Crippen molar-refractivity contribution >= 4 is 11.8 Å². The van der Waals surface area contributed by atoms with E-state index < -0.39 is 0 Å². The molecule has 0 aliphatic carbocycles. The summed E-state index contributed by atoms with van der Waals surface area (Å²) in [5.41, 5.74) is 6.94. The van der Waals surface area contributed by atoms with Crippen LogP contribution in [0, 0.1) is 0 Å². The van der Waals surface area contributed by atoms with Crippen LogP contribution < -0.4 is 22.5 Å². The Bertz CT molecular complexity index is 655. The lowest BCUT2D eigenvalue weighted by molar-refractivity contribution is 0.0805. The van der Waals surface area contributed by atoms with Gasteiger partial charge in [-0.05, 0) is 41.8 Å². The first-order chi connectivity index (χ1) is 12.1. The number of carbonyl (C=O) groups excluding carboxylic acids is 2. The van der Waals surface area contributed by atoms with E-state index in [0.29, 0.717) is 17.7 Å². The molecule has 0 atom stereocenters. The molecule has 7 heteroatoms. The minimum atomic E-state index is -0.352. The summed E-state index contributed by atoms with van der Waals surface area (Å²) >= 11 is 0. The summed E-state index contributed by atoms with van der Waals surface area (Å²) in [6, 6.07) is 14.1. The smallest absolute Gasteiger partial charge is 0.265 e. The van der Waals surface area contributed by atoms with Crippen LogP contribution in [0.4, 0.5) is 0 Å². The molecule has 2 rings (SSSR count). The summed E-state index contributed by atoms with van der Waals surface area (Å²) in [5.74, 6) is 9.58. The van der Waals surface area contributed by atoms with Gasteiger partial charge in [0.15, 0.2) is 0 Å². The number of nitrogens with two attached hydrogens (primary N) is 2. The largest absolute Gasteiger partial charge is 0.369 e. The van der Waals surface area contributed by atoms with Gasteiger partial charge >= 0.3 is 0 Å². The third-order valence-electron chi connectivity index (χ3n) is 3.70. The van der Waals surface area contributed by atoms with Crippen molar-refractivity contribution in [1.29, 1.82) is 0 Å². The Morgan fingerprint density at radius 2 is 1.28 bits per heavy atom. The zero-order valence-corrected chi connectivity index (χ0v) is 14.0. The van der Waals surface area contributed by atoms with Crippen molar-refractivity contribution < 1.29 is 14.3 Å². The van der Waals surface area contributed by atoms with Crippen molar-refractivity contribution in [2.24, 2.45) is 11.7 Å². The van der Waals surface area contributed by atoms with Crippen LogP contribution in [0.5, 0.6) is 0 Å². The molecule has 0 fully saturated rings. The van der Waals surface area contributed by atoms with E-state index in [4.69, 9.17) is 16.4 Å². The molecule has 6 N–H and O–H groups in total. The van der Waals surface area contributed by atoms with Crippen molar-refractivity contribution in [1.82, 2.24) is 10.9 Å². The third kappa shape index (κ3) is 4.63. The van der Waals surface area contributed by atoms with Gasteiger partial charge in [0.1, 0.15) is 6.10 Å². The predicted octanol–water partition coefficient (Wildman–Crippen LogP) is 1.41. The van der Waals surface area contributed by atoms with Gasteiger partial charge in [-0.25, -0.2) is 11.7 Å². The summed E-state index contributed by atoms with van der Waals surface area (Å²) in [7, 11) is 0.